The van der Waals surface area contributed by atoms with Crippen molar-refractivity contribution in [2.24, 2.45) is 10.9 Å². The minimum absolute atomic E-state index is 0.297. The van der Waals surface area contributed by atoms with E-state index in [1.54, 1.807) is 13.3 Å². The van der Waals surface area contributed by atoms with Gasteiger partial charge in [-0.25, -0.2) is 0 Å². The molecule has 0 unspecified atom stereocenters. The van der Waals surface area contributed by atoms with Crippen molar-refractivity contribution in [3.63, 3.8) is 0 Å². The number of nitrogens with zero attached hydrogens (tertiary/aromatic N) is 1. The van der Waals surface area contributed by atoms with E-state index in [4.69, 9.17) is 16.3 Å². The molecule has 4 heteroatoms. The van der Waals surface area contributed by atoms with Gasteiger partial charge in [0.25, 0.3) is 0 Å². The molecule has 3 nitrogen and oxygen atoms in total. The lowest BCUT2D eigenvalue weighted by Crippen LogP contribution is -2.28. The predicted octanol–water partition coefficient (Wildman–Crippen LogP) is 6.93. The van der Waals surface area contributed by atoms with Crippen LogP contribution in [0.3, 0.4) is 0 Å². The molecule has 150 valence electrons. The zero-order valence-electron chi connectivity index (χ0n) is 16.8. The molecule has 0 radical (unpaired) electrons. The molecule has 0 spiro atoms. The monoisotopic (exact) mass is 414 g/mol. The molecule has 0 aromatic heterocycles. The van der Waals surface area contributed by atoms with Crippen LogP contribution in [0.1, 0.15) is 35.1 Å². The summed E-state index contributed by atoms with van der Waals surface area (Å²) in [7, 11) is 1.65. The number of nitrogens with one attached hydrogen (secondary N) is 1. The van der Waals surface area contributed by atoms with Crippen molar-refractivity contribution in [2.75, 3.05) is 12.4 Å². The van der Waals surface area contributed by atoms with Crippen molar-refractivity contribution in [3.8, 4) is 5.75 Å². The van der Waals surface area contributed by atoms with Gasteiger partial charge in [-0.3, -0.25) is 4.99 Å². The molecule has 3 aromatic rings. The first kappa shape index (κ1) is 19.0. The highest BCUT2D eigenvalue weighted by atomic mass is 35.5. The molecule has 0 fully saturated rings. The van der Waals surface area contributed by atoms with Crippen molar-refractivity contribution in [1.82, 2.24) is 0 Å². The molecule has 1 N–H and O–H groups in total. The van der Waals surface area contributed by atoms with Crippen LogP contribution < -0.4 is 10.1 Å². The number of halogens is 1. The Kier molecular flexibility index (Phi) is 5.06. The first-order valence-corrected chi connectivity index (χ1v) is 10.6. The SMILES string of the molecule is COc1ccc(Cl)cc1C=Nc1ccc([C@@H]2Nc3ccccc3[C@@H]3C=CC[C@H]32)cc1. The third-order valence-corrected chi connectivity index (χ3v) is 6.30. The average Bonchev–Trinajstić information content (AvgIpc) is 3.28. The van der Waals surface area contributed by atoms with Gasteiger partial charge < -0.3 is 10.1 Å². The number of hydrogen-bond acceptors (Lipinski definition) is 3. The van der Waals surface area contributed by atoms with E-state index in [2.05, 4.69) is 71.0 Å². The van der Waals surface area contributed by atoms with Gasteiger partial charge in [0.2, 0.25) is 0 Å². The molecule has 1 heterocycles. The molecule has 5 rings (SSSR count). The van der Waals surface area contributed by atoms with E-state index in [0.29, 0.717) is 22.9 Å². The van der Waals surface area contributed by atoms with Crippen LogP contribution >= 0.6 is 11.6 Å². The maximum absolute atomic E-state index is 6.11. The molecular weight excluding hydrogens is 392 g/mol. The second-order valence-corrected chi connectivity index (χ2v) is 8.24. The van der Waals surface area contributed by atoms with Crippen LogP contribution in [0.5, 0.6) is 5.75 Å². The summed E-state index contributed by atoms with van der Waals surface area (Å²) in [5, 5.41) is 4.44. The van der Waals surface area contributed by atoms with Crippen LogP contribution in [0.4, 0.5) is 11.4 Å². The highest BCUT2D eigenvalue weighted by Gasteiger charge is 2.37. The zero-order valence-corrected chi connectivity index (χ0v) is 17.5. The second kappa shape index (κ2) is 8.00. The first-order valence-electron chi connectivity index (χ1n) is 10.2. The Morgan fingerprint density at radius 3 is 2.73 bits per heavy atom. The summed E-state index contributed by atoms with van der Waals surface area (Å²) in [6.45, 7) is 0. The Labute approximate surface area is 182 Å². The summed E-state index contributed by atoms with van der Waals surface area (Å²) < 4.78 is 5.39. The van der Waals surface area contributed by atoms with Gasteiger partial charge in [0.05, 0.1) is 18.8 Å². The number of aliphatic imine (C=N–C) groups is 1. The number of benzene rings is 3. The fourth-order valence-corrected chi connectivity index (χ4v) is 4.77. The van der Waals surface area contributed by atoms with E-state index in [1.807, 2.05) is 18.2 Å². The molecule has 30 heavy (non-hydrogen) atoms. The number of para-hydroxylation sites is 1. The van der Waals surface area contributed by atoms with Crippen molar-refractivity contribution >= 4 is 29.2 Å². The normalized spacial score (nSPS) is 21.9. The number of fused-ring (bicyclic) bond motifs is 3. The van der Waals surface area contributed by atoms with E-state index < -0.39 is 0 Å². The van der Waals surface area contributed by atoms with Crippen molar-refractivity contribution in [3.05, 3.63) is 101 Å². The van der Waals surface area contributed by atoms with Crippen molar-refractivity contribution < 1.29 is 4.74 Å². The first-order chi connectivity index (χ1) is 14.7. The van der Waals surface area contributed by atoms with E-state index in [0.717, 1.165) is 23.4 Å². The van der Waals surface area contributed by atoms with Crippen LogP contribution in [0.15, 0.2) is 83.9 Å². The lowest BCUT2D eigenvalue weighted by molar-refractivity contribution is 0.414. The fraction of sp³-hybridized carbons (Fsp3) is 0.192. The van der Waals surface area contributed by atoms with Crippen LogP contribution in [-0.4, -0.2) is 13.3 Å². The Morgan fingerprint density at radius 2 is 1.90 bits per heavy atom. The molecule has 3 aromatic carbocycles. The lowest BCUT2D eigenvalue weighted by Gasteiger charge is -2.37. The zero-order chi connectivity index (χ0) is 20.5. The standard InChI is InChI=1S/C26H23ClN2O/c1-30-25-14-11-19(27)15-18(25)16-28-20-12-9-17(10-13-20)26-23-7-4-6-21(23)22-5-2-3-8-24(22)29-26/h2-6,8-16,21,23,26,29H,7H2,1H3/t21-,23+,26-/m0/s1. The van der Waals surface area contributed by atoms with Gasteiger partial charge >= 0.3 is 0 Å². The number of allylic oxidation sites excluding steroid dienone is 2. The van der Waals surface area contributed by atoms with Crippen LogP contribution in [0, 0.1) is 5.92 Å². The maximum Gasteiger partial charge on any atom is 0.127 e. The number of hydrogen-bond donors (Lipinski definition) is 1. The summed E-state index contributed by atoms with van der Waals surface area (Å²) in [6.07, 6.45) is 7.59. The van der Waals surface area contributed by atoms with E-state index >= 15 is 0 Å². The van der Waals surface area contributed by atoms with E-state index in [1.165, 1.54) is 16.8 Å². The molecule has 0 saturated heterocycles. The number of ether oxygens (including phenoxy) is 1. The molecule has 1 aliphatic carbocycles. The second-order valence-electron chi connectivity index (χ2n) is 7.80. The quantitative estimate of drug-likeness (QED) is 0.371. The van der Waals surface area contributed by atoms with Gasteiger partial charge in [-0.15, -0.1) is 0 Å². The van der Waals surface area contributed by atoms with Gasteiger partial charge in [0, 0.05) is 28.4 Å². The highest BCUT2D eigenvalue weighted by molar-refractivity contribution is 6.30. The van der Waals surface area contributed by atoms with Crippen LogP contribution in [0.2, 0.25) is 5.02 Å². The van der Waals surface area contributed by atoms with Gasteiger partial charge in [0.15, 0.2) is 0 Å². The molecule has 3 atom stereocenters. The Morgan fingerprint density at radius 1 is 1.07 bits per heavy atom. The number of rotatable bonds is 4. The molecular formula is C26H23ClN2O. The average molecular weight is 415 g/mol. The minimum atomic E-state index is 0.297. The molecule has 1 aliphatic heterocycles. The van der Waals surface area contributed by atoms with Gasteiger partial charge in [-0.2, -0.15) is 0 Å². The summed E-state index contributed by atoms with van der Waals surface area (Å²) in [5.74, 6) is 1.79. The van der Waals surface area contributed by atoms with E-state index in [9.17, 15) is 0 Å². The molecule has 0 saturated carbocycles. The van der Waals surface area contributed by atoms with Crippen molar-refractivity contribution in [2.45, 2.75) is 18.4 Å². The molecule has 2 aliphatic rings. The maximum atomic E-state index is 6.11. The Bertz CT molecular complexity index is 1120. The van der Waals surface area contributed by atoms with Gasteiger partial charge in [-0.05, 0) is 59.9 Å². The molecule has 0 bridgehead atoms. The highest BCUT2D eigenvalue weighted by Crippen LogP contribution is 2.49. The Balaban J connectivity index is 1.39. The summed E-state index contributed by atoms with van der Waals surface area (Å²) in [4.78, 5) is 4.62. The topological polar surface area (TPSA) is 33.6 Å². The third-order valence-electron chi connectivity index (χ3n) is 6.07. The van der Waals surface area contributed by atoms with Gasteiger partial charge in [0.1, 0.15) is 5.75 Å². The van der Waals surface area contributed by atoms with Crippen LogP contribution in [0.25, 0.3) is 0 Å². The Hall–Kier alpha value is -3.04. The largest absolute Gasteiger partial charge is 0.496 e. The summed E-state index contributed by atoms with van der Waals surface area (Å²) in [5.41, 5.74) is 5.70. The molecule has 0 amide bonds. The third kappa shape index (κ3) is 3.50. The fourth-order valence-electron chi connectivity index (χ4n) is 4.59. The minimum Gasteiger partial charge on any atom is -0.496 e. The smallest absolute Gasteiger partial charge is 0.127 e. The van der Waals surface area contributed by atoms with Crippen molar-refractivity contribution in [1.29, 1.82) is 0 Å². The predicted molar refractivity (Wildman–Crippen MR) is 124 cm³/mol. The van der Waals surface area contributed by atoms with E-state index in [-0.39, 0.29) is 0 Å². The number of anilines is 1. The summed E-state index contributed by atoms with van der Waals surface area (Å²) in [6, 6.07) is 23.0. The lowest BCUT2D eigenvalue weighted by atomic mass is 9.77. The van der Waals surface area contributed by atoms with Crippen LogP contribution in [-0.2, 0) is 0 Å². The summed E-state index contributed by atoms with van der Waals surface area (Å²) >= 11 is 6.11. The van der Waals surface area contributed by atoms with Gasteiger partial charge in [-0.1, -0.05) is 54.1 Å². The number of methoxy groups -OCH3 is 1.